The van der Waals surface area contributed by atoms with Gasteiger partial charge in [-0.15, -0.1) is 12.4 Å². The van der Waals surface area contributed by atoms with Crippen molar-refractivity contribution in [3.05, 3.63) is 29.8 Å². The van der Waals surface area contributed by atoms with E-state index in [1.165, 1.54) is 24.3 Å². The first-order chi connectivity index (χ1) is 16.1. The topological polar surface area (TPSA) is 206 Å². The Morgan fingerprint density at radius 1 is 1.03 bits per heavy atom. The number of benzene rings is 1. The third kappa shape index (κ3) is 13.7. The lowest BCUT2D eigenvalue weighted by Crippen LogP contribution is -2.51. The molecule has 1 atom stereocenters. The molecule has 3 amide bonds. The van der Waals surface area contributed by atoms with Gasteiger partial charge in [0.1, 0.15) is 6.04 Å². The average Bonchev–Trinajstić information content (AvgIpc) is 2.78. The number of nitrogens with one attached hydrogen (secondary N) is 3. The highest BCUT2D eigenvalue weighted by Gasteiger charge is 2.24. The quantitative estimate of drug-likeness (QED) is 0.102. The van der Waals surface area contributed by atoms with E-state index in [2.05, 4.69) is 27.3 Å². The first-order valence-electron chi connectivity index (χ1n) is 11.0. The van der Waals surface area contributed by atoms with E-state index in [9.17, 15) is 27.9 Å². The maximum Gasteiger partial charge on any atom is 0.257 e. The molecule has 0 aromatic heterocycles. The van der Waals surface area contributed by atoms with Crippen LogP contribution in [0.2, 0.25) is 0 Å². The van der Waals surface area contributed by atoms with Crippen LogP contribution in [0.15, 0.2) is 29.3 Å². The van der Waals surface area contributed by atoms with E-state index < -0.39 is 46.9 Å². The first kappa shape index (κ1) is 32.3. The number of sulfonamides is 1. The molecule has 0 heterocycles. The molecular weight excluding hydrogens is 500 g/mol. The molecular formula is C21H35ClN6O6S. The lowest BCUT2D eigenvalue weighted by molar-refractivity contribution is -0.127. The molecule has 0 unspecified atom stereocenters. The van der Waals surface area contributed by atoms with Gasteiger partial charge in [0.15, 0.2) is 5.96 Å². The van der Waals surface area contributed by atoms with Crippen molar-refractivity contribution in [1.29, 1.82) is 0 Å². The standard InChI is InChI=1S/C21H34N6O6S.ClH/c1-2-3-4-5-6-7-12-34(32,33)27-17(14-28)20(31)24-13-18(29)26-19(30)15-8-10-16(11-9-15)25-21(22)23;/h8-11,17,27-28H,2-7,12-14H2,1H3,(H,24,31)(H4,22,23,25)(H,26,29,30);1H/t17-;/m0./s1. The fourth-order valence-corrected chi connectivity index (χ4v) is 4.21. The summed E-state index contributed by atoms with van der Waals surface area (Å²) in [5.74, 6) is -2.74. The Bertz CT molecular complexity index is 952. The zero-order valence-corrected chi connectivity index (χ0v) is 21.3. The summed E-state index contributed by atoms with van der Waals surface area (Å²) in [6.07, 6.45) is 5.36. The van der Waals surface area contributed by atoms with E-state index in [-0.39, 0.29) is 29.7 Å². The Balaban J connectivity index is 0.0000116. The summed E-state index contributed by atoms with van der Waals surface area (Å²) in [5, 5.41) is 13.7. The van der Waals surface area contributed by atoms with Crippen LogP contribution in [0.1, 0.15) is 55.8 Å². The zero-order chi connectivity index (χ0) is 25.6. The molecule has 8 N–H and O–H groups in total. The smallest absolute Gasteiger partial charge is 0.257 e. The Morgan fingerprint density at radius 3 is 2.20 bits per heavy atom. The van der Waals surface area contributed by atoms with Crippen molar-refractivity contribution < 1.29 is 27.9 Å². The Hall–Kier alpha value is -2.74. The minimum Gasteiger partial charge on any atom is -0.394 e. The van der Waals surface area contributed by atoms with E-state index >= 15 is 0 Å². The van der Waals surface area contributed by atoms with Gasteiger partial charge in [0, 0.05) is 5.56 Å². The molecule has 0 fully saturated rings. The highest BCUT2D eigenvalue weighted by molar-refractivity contribution is 7.89. The molecule has 198 valence electrons. The Labute approximate surface area is 211 Å². The lowest BCUT2D eigenvalue weighted by atomic mass is 10.1. The van der Waals surface area contributed by atoms with Gasteiger partial charge in [0.05, 0.1) is 24.6 Å². The van der Waals surface area contributed by atoms with Gasteiger partial charge in [0.2, 0.25) is 21.8 Å². The number of rotatable bonds is 15. The number of hydrogen-bond donors (Lipinski definition) is 6. The monoisotopic (exact) mass is 534 g/mol. The van der Waals surface area contributed by atoms with Crippen molar-refractivity contribution in [2.75, 3.05) is 18.9 Å². The predicted molar refractivity (Wildman–Crippen MR) is 136 cm³/mol. The normalized spacial score (nSPS) is 11.6. The number of imide groups is 1. The molecule has 14 heteroatoms. The lowest BCUT2D eigenvalue weighted by Gasteiger charge is -2.16. The van der Waals surface area contributed by atoms with Crippen molar-refractivity contribution in [2.45, 2.75) is 51.5 Å². The second-order valence-electron chi connectivity index (χ2n) is 7.62. The van der Waals surface area contributed by atoms with Crippen LogP contribution in [0, 0.1) is 0 Å². The number of guanidine groups is 1. The van der Waals surface area contributed by atoms with Crippen LogP contribution in [-0.4, -0.2) is 62.2 Å². The molecule has 0 aliphatic carbocycles. The average molecular weight is 535 g/mol. The largest absolute Gasteiger partial charge is 0.394 e. The van der Waals surface area contributed by atoms with Gasteiger partial charge >= 0.3 is 0 Å². The predicted octanol–water partition coefficient (Wildman–Crippen LogP) is 0.0267. The van der Waals surface area contributed by atoms with Crippen molar-refractivity contribution in [3.8, 4) is 0 Å². The van der Waals surface area contributed by atoms with Gasteiger partial charge in [0.25, 0.3) is 5.91 Å². The van der Waals surface area contributed by atoms with Gasteiger partial charge in [-0.05, 0) is 30.7 Å². The van der Waals surface area contributed by atoms with Crippen LogP contribution < -0.4 is 26.8 Å². The molecule has 12 nitrogen and oxygen atoms in total. The second-order valence-corrected chi connectivity index (χ2v) is 9.49. The molecule has 0 saturated carbocycles. The minimum atomic E-state index is -3.79. The van der Waals surface area contributed by atoms with Crippen LogP contribution in [0.3, 0.4) is 0 Å². The summed E-state index contributed by atoms with van der Waals surface area (Å²) in [6, 6.07) is 4.32. The maximum absolute atomic E-state index is 12.2. The van der Waals surface area contributed by atoms with E-state index in [4.69, 9.17) is 11.5 Å². The van der Waals surface area contributed by atoms with Crippen LogP contribution in [0.25, 0.3) is 0 Å². The van der Waals surface area contributed by atoms with Crippen molar-refractivity contribution in [1.82, 2.24) is 15.4 Å². The number of hydrogen-bond acceptors (Lipinski definition) is 7. The minimum absolute atomic E-state index is 0. The summed E-state index contributed by atoms with van der Waals surface area (Å²) in [5.41, 5.74) is 11.1. The van der Waals surface area contributed by atoms with Crippen LogP contribution in [0.4, 0.5) is 5.69 Å². The first-order valence-corrected chi connectivity index (χ1v) is 12.7. The van der Waals surface area contributed by atoms with Crippen molar-refractivity contribution in [2.24, 2.45) is 16.5 Å². The molecule has 0 aliphatic rings. The van der Waals surface area contributed by atoms with E-state index in [0.717, 1.165) is 32.1 Å². The number of carbonyl (C=O) groups is 3. The Kier molecular flexibility index (Phi) is 15.5. The molecule has 0 aliphatic heterocycles. The number of aliphatic hydroxyl groups is 1. The number of aliphatic imine (C=N–C) groups is 1. The maximum atomic E-state index is 12.2. The number of aliphatic hydroxyl groups excluding tert-OH is 1. The van der Waals surface area contributed by atoms with Crippen LogP contribution in [0.5, 0.6) is 0 Å². The molecule has 0 saturated heterocycles. The SMILES string of the molecule is CCCCCCCCS(=O)(=O)N[C@@H](CO)C(=O)NCC(=O)NC(=O)c1ccc(N=C(N)N)cc1.Cl. The summed E-state index contributed by atoms with van der Waals surface area (Å²) < 4.78 is 26.5. The van der Waals surface area contributed by atoms with Crippen molar-refractivity contribution in [3.63, 3.8) is 0 Å². The summed E-state index contributed by atoms with van der Waals surface area (Å²) in [7, 11) is -3.79. The molecule has 0 radical (unpaired) electrons. The third-order valence-electron chi connectivity index (χ3n) is 4.65. The molecule has 0 bridgehead atoms. The third-order valence-corrected chi connectivity index (χ3v) is 6.12. The van der Waals surface area contributed by atoms with Crippen LogP contribution >= 0.6 is 12.4 Å². The second kappa shape index (κ2) is 16.8. The number of nitrogens with zero attached hydrogens (tertiary/aromatic N) is 1. The number of halogens is 1. The fourth-order valence-electron chi connectivity index (χ4n) is 2.89. The zero-order valence-electron chi connectivity index (χ0n) is 19.7. The van der Waals surface area contributed by atoms with Crippen molar-refractivity contribution >= 4 is 51.8 Å². The molecule has 1 rings (SSSR count). The summed E-state index contributed by atoms with van der Waals surface area (Å²) >= 11 is 0. The van der Waals surface area contributed by atoms with E-state index in [0.29, 0.717) is 12.1 Å². The summed E-state index contributed by atoms with van der Waals surface area (Å²) in [4.78, 5) is 40.1. The van der Waals surface area contributed by atoms with Crippen LogP contribution in [-0.2, 0) is 19.6 Å². The number of nitrogens with two attached hydrogens (primary N) is 2. The number of amides is 3. The van der Waals surface area contributed by atoms with Gasteiger partial charge in [-0.2, -0.15) is 0 Å². The van der Waals surface area contributed by atoms with E-state index in [1.54, 1.807) is 0 Å². The molecule has 1 aromatic carbocycles. The molecule has 35 heavy (non-hydrogen) atoms. The number of unbranched alkanes of at least 4 members (excludes halogenated alkanes) is 5. The highest BCUT2D eigenvalue weighted by atomic mass is 35.5. The van der Waals surface area contributed by atoms with Gasteiger partial charge < -0.3 is 21.9 Å². The highest BCUT2D eigenvalue weighted by Crippen LogP contribution is 2.12. The van der Waals surface area contributed by atoms with Gasteiger partial charge in [-0.1, -0.05) is 39.0 Å². The molecule has 0 spiro atoms. The molecule has 1 aromatic rings. The van der Waals surface area contributed by atoms with Gasteiger partial charge in [-0.25, -0.2) is 18.1 Å². The van der Waals surface area contributed by atoms with E-state index in [1.807, 2.05) is 0 Å². The Morgan fingerprint density at radius 2 is 1.63 bits per heavy atom. The summed E-state index contributed by atoms with van der Waals surface area (Å²) in [6.45, 7) is 0.710. The van der Waals surface area contributed by atoms with Gasteiger partial charge in [-0.3, -0.25) is 19.7 Å². The fraction of sp³-hybridized carbons (Fsp3) is 0.524. The number of carbonyl (C=O) groups excluding carboxylic acids is 3.